The van der Waals surface area contributed by atoms with Crippen LogP contribution in [-0.2, 0) is 4.79 Å². The Labute approximate surface area is 141 Å². The summed E-state index contributed by atoms with van der Waals surface area (Å²) in [6.07, 6.45) is 0. The molecule has 0 spiro atoms. The van der Waals surface area contributed by atoms with Gasteiger partial charge in [-0.05, 0) is 23.6 Å². The Kier molecular flexibility index (Phi) is 6.18. The third-order valence-electron chi connectivity index (χ3n) is 3.11. The molecular weight excluding hydrogens is 312 g/mol. The maximum absolute atomic E-state index is 11.9. The predicted octanol–water partition coefficient (Wildman–Crippen LogP) is 3.90. The number of carbonyl (C=O) groups excluding carboxylic acids is 1. The average Bonchev–Trinajstić information content (AvgIpc) is 2.55. The van der Waals surface area contributed by atoms with Crippen LogP contribution in [0.5, 0.6) is 5.75 Å². The summed E-state index contributed by atoms with van der Waals surface area (Å²) < 4.78 is 5.38. The zero-order valence-electron chi connectivity index (χ0n) is 13.1. The number of hydrogen-bond donors (Lipinski definition) is 1. The topological polar surface area (TPSA) is 50.7 Å². The summed E-state index contributed by atoms with van der Waals surface area (Å²) in [5, 5.41) is 4.70. The highest BCUT2D eigenvalue weighted by molar-refractivity contribution is 6.32. The van der Waals surface area contributed by atoms with E-state index in [4.69, 9.17) is 16.3 Å². The molecule has 0 aliphatic carbocycles. The highest BCUT2D eigenvalue weighted by Gasteiger charge is 2.10. The van der Waals surface area contributed by atoms with E-state index in [0.717, 1.165) is 11.3 Å². The molecule has 1 amide bonds. The van der Waals surface area contributed by atoms with Crippen molar-refractivity contribution in [3.05, 3.63) is 65.2 Å². The van der Waals surface area contributed by atoms with Crippen LogP contribution in [0.1, 0.15) is 19.4 Å². The van der Waals surface area contributed by atoms with Gasteiger partial charge in [-0.1, -0.05) is 67.9 Å². The molecule has 0 fully saturated rings. The Morgan fingerprint density at radius 2 is 1.78 bits per heavy atom. The molecule has 0 bridgehead atoms. The number of amides is 1. The van der Waals surface area contributed by atoms with Crippen molar-refractivity contribution in [1.29, 1.82) is 0 Å². The first-order valence-corrected chi connectivity index (χ1v) is 7.75. The molecule has 2 aromatic rings. The second-order valence-electron chi connectivity index (χ2n) is 5.27. The summed E-state index contributed by atoms with van der Waals surface area (Å²) in [5.41, 5.74) is 4.33. The van der Waals surface area contributed by atoms with Gasteiger partial charge in [0.15, 0.2) is 6.61 Å². The molecule has 4 nitrogen and oxygen atoms in total. The van der Waals surface area contributed by atoms with Gasteiger partial charge in [0.05, 0.1) is 10.7 Å². The third-order valence-corrected chi connectivity index (χ3v) is 3.43. The van der Waals surface area contributed by atoms with Gasteiger partial charge >= 0.3 is 0 Å². The minimum Gasteiger partial charge on any atom is -0.482 e. The van der Waals surface area contributed by atoms with Gasteiger partial charge in [0.1, 0.15) is 5.75 Å². The number of para-hydroxylation sites is 1. The molecular formula is C18H19ClN2O2. The van der Waals surface area contributed by atoms with E-state index < -0.39 is 0 Å². The van der Waals surface area contributed by atoms with E-state index in [1.807, 2.05) is 44.2 Å². The van der Waals surface area contributed by atoms with Crippen molar-refractivity contribution in [3.8, 4) is 5.75 Å². The molecule has 2 aromatic carbocycles. The molecule has 0 saturated carbocycles. The number of nitrogens with zero attached hydrogens (tertiary/aromatic N) is 1. The summed E-state index contributed by atoms with van der Waals surface area (Å²) in [6, 6.07) is 16.8. The van der Waals surface area contributed by atoms with Crippen molar-refractivity contribution in [3.63, 3.8) is 0 Å². The minimum absolute atomic E-state index is 0.145. The summed E-state index contributed by atoms with van der Waals surface area (Å²) in [7, 11) is 0. The zero-order chi connectivity index (χ0) is 16.7. The highest BCUT2D eigenvalue weighted by atomic mass is 35.5. The van der Waals surface area contributed by atoms with Crippen LogP contribution in [-0.4, -0.2) is 18.2 Å². The second-order valence-corrected chi connectivity index (χ2v) is 5.68. The standard InChI is InChI=1S/C18H19ClN2O2/c1-13(2)18(14-8-4-3-5-9-14)21-20-17(22)12-23-16-11-7-6-10-15(16)19/h3-11,13H,12H2,1-2H3,(H,20,22). The lowest BCUT2D eigenvalue weighted by atomic mass is 10.0. The van der Waals surface area contributed by atoms with Crippen molar-refractivity contribution in [2.75, 3.05) is 6.61 Å². The largest absolute Gasteiger partial charge is 0.482 e. The predicted molar refractivity (Wildman–Crippen MR) is 92.9 cm³/mol. The number of ether oxygens (including phenoxy) is 1. The van der Waals surface area contributed by atoms with Crippen LogP contribution in [0.3, 0.4) is 0 Å². The van der Waals surface area contributed by atoms with Gasteiger partial charge in [-0.15, -0.1) is 0 Å². The van der Waals surface area contributed by atoms with E-state index >= 15 is 0 Å². The fourth-order valence-corrected chi connectivity index (χ4v) is 2.19. The molecule has 120 valence electrons. The van der Waals surface area contributed by atoms with E-state index in [-0.39, 0.29) is 18.4 Å². The fraction of sp³-hybridized carbons (Fsp3) is 0.222. The first kappa shape index (κ1) is 17.0. The number of hydrazone groups is 1. The van der Waals surface area contributed by atoms with Gasteiger partial charge in [0.2, 0.25) is 0 Å². The molecule has 1 N–H and O–H groups in total. The van der Waals surface area contributed by atoms with Gasteiger partial charge < -0.3 is 4.74 Å². The quantitative estimate of drug-likeness (QED) is 0.645. The van der Waals surface area contributed by atoms with Crippen LogP contribution in [0.25, 0.3) is 0 Å². The van der Waals surface area contributed by atoms with E-state index in [2.05, 4.69) is 10.5 Å². The highest BCUT2D eigenvalue weighted by Crippen LogP contribution is 2.22. The monoisotopic (exact) mass is 330 g/mol. The Morgan fingerprint density at radius 3 is 2.43 bits per heavy atom. The second kappa shape index (κ2) is 8.34. The van der Waals surface area contributed by atoms with Crippen LogP contribution >= 0.6 is 11.6 Å². The molecule has 0 aromatic heterocycles. The van der Waals surface area contributed by atoms with Crippen molar-refractivity contribution in [2.45, 2.75) is 13.8 Å². The van der Waals surface area contributed by atoms with Crippen molar-refractivity contribution >= 4 is 23.2 Å². The molecule has 0 saturated heterocycles. The lowest BCUT2D eigenvalue weighted by Crippen LogP contribution is -2.27. The van der Waals surface area contributed by atoms with Gasteiger partial charge in [-0.25, -0.2) is 5.43 Å². The van der Waals surface area contributed by atoms with Crippen molar-refractivity contribution in [1.82, 2.24) is 5.43 Å². The molecule has 23 heavy (non-hydrogen) atoms. The molecule has 0 atom stereocenters. The van der Waals surface area contributed by atoms with E-state index in [0.29, 0.717) is 10.8 Å². The summed E-state index contributed by atoms with van der Waals surface area (Å²) in [5.74, 6) is 0.321. The number of nitrogens with one attached hydrogen (secondary N) is 1. The van der Waals surface area contributed by atoms with E-state index in [1.165, 1.54) is 0 Å². The first-order valence-electron chi connectivity index (χ1n) is 7.37. The maximum atomic E-state index is 11.9. The van der Waals surface area contributed by atoms with Gasteiger partial charge in [-0.3, -0.25) is 4.79 Å². The Morgan fingerprint density at radius 1 is 1.13 bits per heavy atom. The van der Waals surface area contributed by atoms with Gasteiger partial charge in [-0.2, -0.15) is 5.10 Å². The maximum Gasteiger partial charge on any atom is 0.277 e. The fourth-order valence-electron chi connectivity index (χ4n) is 2.00. The third kappa shape index (κ3) is 5.11. The normalized spacial score (nSPS) is 11.4. The lowest BCUT2D eigenvalue weighted by Gasteiger charge is -2.11. The Balaban J connectivity index is 1.97. The van der Waals surface area contributed by atoms with Crippen molar-refractivity contribution in [2.24, 2.45) is 11.0 Å². The lowest BCUT2D eigenvalue weighted by molar-refractivity contribution is -0.123. The zero-order valence-corrected chi connectivity index (χ0v) is 13.9. The summed E-state index contributed by atoms with van der Waals surface area (Å²) in [6.45, 7) is 3.91. The summed E-state index contributed by atoms with van der Waals surface area (Å²) >= 11 is 5.97. The average molecular weight is 331 g/mol. The van der Waals surface area contributed by atoms with Crippen LogP contribution < -0.4 is 10.2 Å². The van der Waals surface area contributed by atoms with Crippen LogP contribution in [0.4, 0.5) is 0 Å². The summed E-state index contributed by atoms with van der Waals surface area (Å²) in [4.78, 5) is 11.9. The molecule has 0 heterocycles. The van der Waals surface area contributed by atoms with E-state index in [1.54, 1.807) is 24.3 Å². The number of halogens is 1. The number of hydrogen-bond acceptors (Lipinski definition) is 3. The first-order chi connectivity index (χ1) is 11.1. The minimum atomic E-state index is -0.334. The molecule has 0 unspecified atom stereocenters. The smallest absolute Gasteiger partial charge is 0.277 e. The molecule has 2 rings (SSSR count). The number of rotatable bonds is 6. The van der Waals surface area contributed by atoms with Crippen molar-refractivity contribution < 1.29 is 9.53 Å². The number of benzene rings is 2. The van der Waals surface area contributed by atoms with Crippen LogP contribution in [0.2, 0.25) is 5.02 Å². The molecule has 5 heteroatoms. The Hall–Kier alpha value is -2.33. The van der Waals surface area contributed by atoms with E-state index in [9.17, 15) is 4.79 Å². The van der Waals surface area contributed by atoms with Crippen LogP contribution in [0.15, 0.2) is 59.7 Å². The molecule has 0 aliphatic rings. The number of carbonyl (C=O) groups is 1. The van der Waals surface area contributed by atoms with Crippen LogP contribution in [0, 0.1) is 5.92 Å². The molecule has 0 radical (unpaired) electrons. The van der Waals surface area contributed by atoms with Gasteiger partial charge in [0.25, 0.3) is 5.91 Å². The Bertz CT molecular complexity index is 684. The van der Waals surface area contributed by atoms with Gasteiger partial charge in [0, 0.05) is 0 Å². The SMILES string of the molecule is CC(C)C(=NNC(=O)COc1ccccc1Cl)c1ccccc1. The molecule has 0 aliphatic heterocycles.